The molecule has 0 amide bonds. The Hall–Kier alpha value is -8.60. The quantitative estimate of drug-likeness (QED) is 0.161. The minimum Gasteiger partial charge on any atom is -0.456 e. The first-order valence-corrected chi connectivity index (χ1v) is 21.7. The fourth-order valence-corrected chi connectivity index (χ4v) is 9.78. The molecule has 300 valence electrons. The zero-order valence-electron chi connectivity index (χ0n) is 34.7. The van der Waals surface area contributed by atoms with Crippen molar-refractivity contribution in [1.29, 1.82) is 0 Å². The minimum absolute atomic E-state index is 0.886. The van der Waals surface area contributed by atoms with Gasteiger partial charge in [-0.2, -0.15) is 0 Å². The van der Waals surface area contributed by atoms with Gasteiger partial charge in [0.05, 0.1) is 11.0 Å². The number of furan rings is 2. The summed E-state index contributed by atoms with van der Waals surface area (Å²) in [5, 5.41) is 6.91. The highest BCUT2D eigenvalue weighted by molar-refractivity contribution is 6.17. The smallest absolute Gasteiger partial charge is 0.143 e. The summed E-state index contributed by atoms with van der Waals surface area (Å²) < 4.78 is 15.6. The molecule has 0 spiro atoms. The van der Waals surface area contributed by atoms with Crippen molar-refractivity contribution in [2.24, 2.45) is 0 Å². The van der Waals surface area contributed by atoms with E-state index in [4.69, 9.17) is 8.83 Å². The Balaban J connectivity index is 0.918. The Bertz CT molecular complexity index is 3860. The number of fused-ring (bicyclic) bond motifs is 9. The fraction of sp³-hybridized carbons (Fsp3) is 0. The molecular weight excluding hydrogens is 781 g/mol. The second-order valence-electron chi connectivity index (χ2n) is 16.5. The van der Waals surface area contributed by atoms with E-state index < -0.39 is 0 Å². The first kappa shape index (κ1) is 36.1. The summed E-state index contributed by atoms with van der Waals surface area (Å²) >= 11 is 0. The second-order valence-corrected chi connectivity index (χ2v) is 16.5. The predicted molar refractivity (Wildman–Crippen MR) is 266 cm³/mol. The molecule has 0 fully saturated rings. The molecule has 3 aromatic heterocycles. The average Bonchev–Trinajstić information content (AvgIpc) is 4.04. The van der Waals surface area contributed by atoms with Gasteiger partial charge < -0.3 is 18.3 Å². The van der Waals surface area contributed by atoms with Crippen molar-refractivity contribution in [3.63, 3.8) is 0 Å². The Morgan fingerprint density at radius 3 is 1.45 bits per heavy atom. The highest BCUT2D eigenvalue weighted by atomic mass is 16.3. The zero-order chi connectivity index (χ0) is 42.1. The van der Waals surface area contributed by atoms with Crippen LogP contribution in [0.3, 0.4) is 0 Å². The van der Waals surface area contributed by atoms with E-state index in [1.165, 1.54) is 21.9 Å². The van der Waals surface area contributed by atoms with Crippen molar-refractivity contribution < 1.29 is 8.83 Å². The number of benzene rings is 10. The van der Waals surface area contributed by atoms with E-state index in [1.807, 2.05) is 18.2 Å². The third-order valence-corrected chi connectivity index (χ3v) is 12.8. The van der Waals surface area contributed by atoms with E-state index in [9.17, 15) is 0 Å². The molecule has 0 aliphatic heterocycles. The molecule has 3 heterocycles. The molecule has 13 aromatic rings. The van der Waals surface area contributed by atoms with Gasteiger partial charge in [0.25, 0.3) is 0 Å². The van der Waals surface area contributed by atoms with Crippen LogP contribution in [0.15, 0.2) is 239 Å². The van der Waals surface area contributed by atoms with Gasteiger partial charge in [-0.1, -0.05) is 158 Å². The van der Waals surface area contributed by atoms with Gasteiger partial charge in [-0.05, 0) is 89.0 Å². The molecule has 0 saturated heterocycles. The lowest BCUT2D eigenvalue weighted by atomic mass is 10.00. The standard InChI is InChI=1S/C60H38N2O2/c1-3-13-39(14-4-1)40-25-29-43(30-26-40)61(44-31-27-42(28-32-44)48-20-12-22-52-51-21-11-19-47(59(51)64-60(48)52)41-15-5-2-6-16-41)45-33-35-46(36-34-45)62-55-23-9-7-17-49(55)53-37-54-50-18-8-10-24-57(50)63-58(54)38-56(53)62/h1-38H. The zero-order valence-corrected chi connectivity index (χ0v) is 34.7. The van der Waals surface area contributed by atoms with E-state index in [2.05, 4.69) is 222 Å². The Kier molecular flexibility index (Phi) is 8.18. The molecular formula is C60H38N2O2. The average molecular weight is 819 g/mol. The number of hydrogen-bond donors (Lipinski definition) is 0. The van der Waals surface area contributed by atoms with Crippen molar-refractivity contribution in [3.05, 3.63) is 231 Å². The van der Waals surface area contributed by atoms with Crippen LogP contribution in [0.2, 0.25) is 0 Å². The number of rotatable bonds is 7. The van der Waals surface area contributed by atoms with E-state index in [1.54, 1.807) is 0 Å². The lowest BCUT2D eigenvalue weighted by Crippen LogP contribution is -2.10. The van der Waals surface area contributed by atoms with Gasteiger partial charge in [0.1, 0.15) is 22.3 Å². The third-order valence-electron chi connectivity index (χ3n) is 12.8. The Morgan fingerprint density at radius 1 is 0.297 bits per heavy atom. The molecule has 0 aliphatic carbocycles. The van der Waals surface area contributed by atoms with Crippen LogP contribution in [-0.4, -0.2) is 4.57 Å². The maximum absolute atomic E-state index is 6.80. The number of anilines is 3. The topological polar surface area (TPSA) is 34.5 Å². The van der Waals surface area contributed by atoms with E-state index in [0.717, 1.165) is 99.9 Å². The maximum Gasteiger partial charge on any atom is 0.143 e. The molecule has 0 bridgehead atoms. The minimum atomic E-state index is 0.886. The SMILES string of the molecule is c1ccc(-c2ccc(N(c3ccc(-c4cccc5c4oc4c(-c6ccccc6)cccc45)cc3)c3ccc(-n4c5ccccc5c5cc6c(cc54)oc4ccccc46)cc3)cc2)cc1. The molecule has 4 heteroatoms. The molecule has 13 rings (SSSR count). The number of aromatic nitrogens is 1. The molecule has 0 saturated carbocycles. The van der Waals surface area contributed by atoms with Crippen LogP contribution in [0.5, 0.6) is 0 Å². The molecule has 4 nitrogen and oxygen atoms in total. The first-order valence-electron chi connectivity index (χ1n) is 21.7. The van der Waals surface area contributed by atoms with Crippen LogP contribution in [-0.2, 0) is 0 Å². The van der Waals surface area contributed by atoms with Crippen LogP contribution < -0.4 is 4.90 Å². The molecule has 0 unspecified atom stereocenters. The van der Waals surface area contributed by atoms with Crippen LogP contribution in [0.25, 0.3) is 105 Å². The van der Waals surface area contributed by atoms with Crippen molar-refractivity contribution in [3.8, 4) is 39.1 Å². The van der Waals surface area contributed by atoms with Crippen LogP contribution in [0, 0.1) is 0 Å². The first-order chi connectivity index (χ1) is 31.7. The van der Waals surface area contributed by atoms with Gasteiger partial charge in [0, 0.05) is 72.3 Å². The third kappa shape index (κ3) is 5.77. The number of hydrogen-bond acceptors (Lipinski definition) is 3. The summed E-state index contributed by atoms with van der Waals surface area (Å²) in [4.78, 5) is 2.33. The molecule has 0 N–H and O–H groups in total. The summed E-state index contributed by atoms with van der Waals surface area (Å²) in [5.41, 5.74) is 16.9. The van der Waals surface area contributed by atoms with E-state index in [0.29, 0.717) is 0 Å². The lowest BCUT2D eigenvalue weighted by Gasteiger charge is -2.26. The largest absolute Gasteiger partial charge is 0.456 e. The van der Waals surface area contributed by atoms with Crippen molar-refractivity contribution in [2.75, 3.05) is 4.90 Å². The molecule has 0 radical (unpaired) electrons. The van der Waals surface area contributed by atoms with Crippen LogP contribution >= 0.6 is 0 Å². The second kappa shape index (κ2) is 14.5. The number of nitrogens with zero attached hydrogens (tertiary/aromatic N) is 2. The van der Waals surface area contributed by atoms with Crippen LogP contribution in [0.4, 0.5) is 17.1 Å². The van der Waals surface area contributed by atoms with Crippen molar-refractivity contribution in [2.45, 2.75) is 0 Å². The fourth-order valence-electron chi connectivity index (χ4n) is 9.78. The molecule has 64 heavy (non-hydrogen) atoms. The highest BCUT2D eigenvalue weighted by Gasteiger charge is 2.20. The van der Waals surface area contributed by atoms with E-state index >= 15 is 0 Å². The summed E-state index contributed by atoms with van der Waals surface area (Å²) in [6, 6.07) is 82.0. The van der Waals surface area contributed by atoms with Gasteiger partial charge in [-0.15, -0.1) is 0 Å². The van der Waals surface area contributed by atoms with Gasteiger partial charge in [0.15, 0.2) is 0 Å². The van der Waals surface area contributed by atoms with E-state index in [-0.39, 0.29) is 0 Å². The predicted octanol–water partition coefficient (Wildman–Crippen LogP) is 17.1. The molecule has 10 aromatic carbocycles. The van der Waals surface area contributed by atoms with Crippen molar-refractivity contribution in [1.82, 2.24) is 4.57 Å². The van der Waals surface area contributed by atoms with Crippen molar-refractivity contribution >= 4 is 82.7 Å². The summed E-state index contributed by atoms with van der Waals surface area (Å²) in [5.74, 6) is 0. The summed E-state index contributed by atoms with van der Waals surface area (Å²) in [6.07, 6.45) is 0. The molecule has 0 atom stereocenters. The van der Waals surface area contributed by atoms with Gasteiger partial charge in [-0.25, -0.2) is 0 Å². The summed E-state index contributed by atoms with van der Waals surface area (Å²) in [6.45, 7) is 0. The normalized spacial score (nSPS) is 11.8. The Morgan fingerprint density at radius 2 is 0.797 bits per heavy atom. The van der Waals surface area contributed by atoms with Gasteiger partial charge >= 0.3 is 0 Å². The van der Waals surface area contributed by atoms with Gasteiger partial charge in [-0.3, -0.25) is 0 Å². The number of para-hydroxylation sites is 4. The van der Waals surface area contributed by atoms with Crippen LogP contribution in [0.1, 0.15) is 0 Å². The monoisotopic (exact) mass is 818 g/mol. The lowest BCUT2D eigenvalue weighted by molar-refractivity contribution is 0.669. The van der Waals surface area contributed by atoms with Gasteiger partial charge in [0.2, 0.25) is 0 Å². The molecule has 0 aliphatic rings. The maximum atomic E-state index is 6.80. The highest BCUT2D eigenvalue weighted by Crippen LogP contribution is 2.43. The Labute approximate surface area is 369 Å². The summed E-state index contributed by atoms with van der Waals surface area (Å²) in [7, 11) is 0.